The van der Waals surface area contributed by atoms with Crippen molar-refractivity contribution in [2.24, 2.45) is 40.4 Å². The minimum absolute atomic E-state index is 0.00398. The molecule has 4 aliphatic carbocycles. The molecule has 2 saturated carbocycles. The van der Waals surface area contributed by atoms with Crippen molar-refractivity contribution < 1.29 is 19.4 Å². The highest BCUT2D eigenvalue weighted by Gasteiger charge is 2.74. The van der Waals surface area contributed by atoms with Crippen molar-refractivity contribution in [1.82, 2.24) is 4.90 Å². The molecule has 160 valence electrons. The lowest BCUT2D eigenvalue weighted by Crippen LogP contribution is -2.60. The van der Waals surface area contributed by atoms with Crippen molar-refractivity contribution in [1.29, 1.82) is 0 Å². The van der Waals surface area contributed by atoms with Crippen LogP contribution < -0.4 is 0 Å². The number of hydrogen-bond donors (Lipinski definition) is 1. The summed E-state index contributed by atoms with van der Waals surface area (Å²) in [6.07, 6.45) is 5.82. The Morgan fingerprint density at radius 1 is 1.21 bits per heavy atom. The van der Waals surface area contributed by atoms with Crippen LogP contribution in [-0.4, -0.2) is 55.1 Å². The van der Waals surface area contributed by atoms with E-state index in [4.69, 9.17) is 4.74 Å². The monoisotopic (exact) mass is 401 g/mol. The Kier molecular flexibility index (Phi) is 4.36. The van der Waals surface area contributed by atoms with Gasteiger partial charge in [0.2, 0.25) is 0 Å². The number of Topliss-reactive ketones (excluding diaryl/α,β-unsaturated/α-hetero) is 1. The van der Waals surface area contributed by atoms with Crippen LogP contribution in [-0.2, 0) is 14.3 Å². The van der Waals surface area contributed by atoms with Gasteiger partial charge in [-0.25, -0.2) is 0 Å². The summed E-state index contributed by atoms with van der Waals surface area (Å²) in [7, 11) is 3.67. The minimum atomic E-state index is -0.276. The van der Waals surface area contributed by atoms with Crippen molar-refractivity contribution in [3.05, 3.63) is 11.1 Å². The van der Waals surface area contributed by atoms with Gasteiger partial charge in [0, 0.05) is 41.9 Å². The molecule has 0 aromatic rings. The number of ketones is 1. The minimum Gasteiger partial charge on any atom is -0.469 e. The van der Waals surface area contributed by atoms with Crippen molar-refractivity contribution in [3.8, 4) is 0 Å². The number of aliphatic hydroxyl groups excluding tert-OH is 1. The van der Waals surface area contributed by atoms with Gasteiger partial charge in [-0.15, -0.1) is 0 Å². The van der Waals surface area contributed by atoms with Gasteiger partial charge < -0.3 is 14.7 Å². The van der Waals surface area contributed by atoms with Gasteiger partial charge in [-0.1, -0.05) is 25.0 Å². The van der Waals surface area contributed by atoms with Crippen LogP contribution in [0.15, 0.2) is 11.1 Å². The summed E-state index contributed by atoms with van der Waals surface area (Å²) in [6.45, 7) is 4.99. The summed E-state index contributed by atoms with van der Waals surface area (Å²) in [4.78, 5) is 28.4. The van der Waals surface area contributed by atoms with E-state index in [2.05, 4.69) is 11.9 Å². The third-order valence-corrected chi connectivity index (χ3v) is 9.66. The number of rotatable bonds is 4. The molecule has 0 radical (unpaired) electrons. The predicted octanol–water partition coefficient (Wildman–Crippen LogP) is 2.82. The van der Waals surface area contributed by atoms with Crippen molar-refractivity contribution in [3.63, 3.8) is 0 Å². The molecule has 29 heavy (non-hydrogen) atoms. The SMILES string of the molecule is COC(=O)[C@H]1C[C@@]23CN(C)[C@H]4[C@H](C(=O)C(C)C)C[C@]2(CO)[C@H]4CCC2=C3[C@H]1CC2. The fourth-order valence-electron chi connectivity index (χ4n) is 8.81. The molecule has 0 aromatic heterocycles. The van der Waals surface area contributed by atoms with Gasteiger partial charge in [-0.2, -0.15) is 0 Å². The molecule has 5 rings (SSSR count). The third kappa shape index (κ3) is 2.24. The Hall–Kier alpha value is -1.20. The molecule has 1 saturated heterocycles. The maximum Gasteiger partial charge on any atom is 0.309 e. The van der Waals surface area contributed by atoms with Gasteiger partial charge in [0.15, 0.2) is 0 Å². The Balaban J connectivity index is 1.68. The Morgan fingerprint density at radius 2 is 1.93 bits per heavy atom. The molecule has 1 heterocycles. The molecule has 5 nitrogen and oxygen atoms in total. The number of aliphatic hydroxyl groups is 1. The average Bonchev–Trinajstić information content (AvgIpc) is 3.32. The summed E-state index contributed by atoms with van der Waals surface area (Å²) in [5, 5.41) is 11.0. The number of nitrogens with zero attached hydrogens (tertiary/aromatic N) is 1. The Morgan fingerprint density at radius 3 is 2.59 bits per heavy atom. The zero-order valence-corrected chi connectivity index (χ0v) is 18.2. The first-order valence-electron chi connectivity index (χ1n) is 11.5. The normalized spacial score (nSPS) is 45.5. The summed E-state index contributed by atoms with van der Waals surface area (Å²) < 4.78 is 5.23. The van der Waals surface area contributed by atoms with Gasteiger partial charge >= 0.3 is 5.97 Å². The lowest BCUT2D eigenvalue weighted by Gasteiger charge is -2.56. The van der Waals surface area contributed by atoms with Crippen LogP contribution in [0.5, 0.6) is 0 Å². The molecular weight excluding hydrogens is 366 g/mol. The van der Waals surface area contributed by atoms with Crippen LogP contribution in [0.25, 0.3) is 0 Å². The first kappa shape index (κ1) is 19.7. The highest BCUT2D eigenvalue weighted by atomic mass is 16.5. The maximum atomic E-state index is 13.2. The first-order chi connectivity index (χ1) is 13.8. The zero-order chi connectivity index (χ0) is 20.7. The van der Waals surface area contributed by atoms with Crippen LogP contribution in [0, 0.1) is 40.4 Å². The van der Waals surface area contributed by atoms with Crippen LogP contribution in [0.1, 0.15) is 52.4 Å². The summed E-state index contributed by atoms with van der Waals surface area (Å²) in [5.41, 5.74) is 2.59. The van der Waals surface area contributed by atoms with E-state index in [1.807, 2.05) is 13.8 Å². The zero-order valence-electron chi connectivity index (χ0n) is 18.2. The predicted molar refractivity (Wildman–Crippen MR) is 109 cm³/mol. The molecule has 1 aliphatic heterocycles. The number of likely N-dealkylation sites (tertiary alicyclic amines) is 1. The van der Waals surface area contributed by atoms with Gasteiger partial charge in [0.1, 0.15) is 5.78 Å². The molecule has 1 spiro atoms. The van der Waals surface area contributed by atoms with E-state index in [0.29, 0.717) is 11.7 Å². The quantitative estimate of drug-likeness (QED) is 0.580. The van der Waals surface area contributed by atoms with E-state index in [0.717, 1.165) is 45.1 Å². The topological polar surface area (TPSA) is 66.8 Å². The fourth-order valence-corrected chi connectivity index (χ4v) is 8.81. The van der Waals surface area contributed by atoms with E-state index >= 15 is 0 Å². The number of hydrogen-bond acceptors (Lipinski definition) is 5. The third-order valence-electron chi connectivity index (χ3n) is 9.66. The van der Waals surface area contributed by atoms with Crippen LogP contribution in [0.2, 0.25) is 0 Å². The first-order valence-corrected chi connectivity index (χ1v) is 11.5. The fraction of sp³-hybridized carbons (Fsp3) is 0.833. The molecule has 3 fully saturated rings. The maximum absolute atomic E-state index is 13.2. The molecule has 0 aromatic carbocycles. The number of ether oxygens (including phenoxy) is 1. The lowest BCUT2D eigenvalue weighted by molar-refractivity contribution is -0.148. The second-order valence-corrected chi connectivity index (χ2v) is 10.8. The standard InChI is InChI=1S/C24H35NO4/c1-13(2)21(27)17-10-24(12-26)18-8-6-14-5-7-15-16(22(28)29-4)9-23(24,19(14)15)11-25(3)20(17)18/h13,15-18,20,26H,5-12H2,1-4H3/t15-,16-,17+,18-,20-,23-,24-/m0/s1. The highest BCUT2D eigenvalue weighted by Crippen LogP contribution is 2.74. The van der Waals surface area contributed by atoms with Gasteiger partial charge in [-0.3, -0.25) is 9.59 Å². The van der Waals surface area contributed by atoms with Crippen LogP contribution in [0.4, 0.5) is 0 Å². The van der Waals surface area contributed by atoms with Crippen LogP contribution in [0.3, 0.4) is 0 Å². The van der Waals surface area contributed by atoms with Gasteiger partial charge in [0.05, 0.1) is 13.0 Å². The number of esters is 1. The smallest absolute Gasteiger partial charge is 0.309 e. The molecule has 0 amide bonds. The van der Waals surface area contributed by atoms with E-state index in [1.54, 1.807) is 5.57 Å². The lowest BCUT2D eigenvalue weighted by atomic mass is 9.53. The molecular formula is C24H35NO4. The molecule has 7 atom stereocenters. The molecule has 0 unspecified atom stereocenters. The number of methoxy groups -OCH3 is 1. The molecule has 1 N–H and O–H groups in total. The van der Waals surface area contributed by atoms with Crippen molar-refractivity contribution >= 4 is 11.8 Å². The second-order valence-electron chi connectivity index (χ2n) is 10.8. The molecule has 4 bridgehead atoms. The number of carbonyl (C=O) groups excluding carboxylic acids is 2. The summed E-state index contributed by atoms with van der Waals surface area (Å²) in [5.74, 6) is 0.762. The summed E-state index contributed by atoms with van der Waals surface area (Å²) in [6, 6.07) is 0.221. The Bertz CT molecular complexity index is 788. The van der Waals surface area contributed by atoms with E-state index in [-0.39, 0.29) is 53.1 Å². The van der Waals surface area contributed by atoms with Gasteiger partial charge in [0.25, 0.3) is 0 Å². The van der Waals surface area contributed by atoms with Crippen molar-refractivity contribution in [2.75, 3.05) is 27.3 Å². The average molecular weight is 402 g/mol. The highest BCUT2D eigenvalue weighted by molar-refractivity contribution is 5.84. The second kappa shape index (κ2) is 6.40. The van der Waals surface area contributed by atoms with Gasteiger partial charge in [-0.05, 0) is 57.4 Å². The summed E-state index contributed by atoms with van der Waals surface area (Å²) >= 11 is 0. The van der Waals surface area contributed by atoms with Crippen molar-refractivity contribution in [2.45, 2.75) is 58.4 Å². The largest absolute Gasteiger partial charge is 0.469 e. The van der Waals surface area contributed by atoms with E-state index in [9.17, 15) is 14.7 Å². The number of piperidine rings is 1. The van der Waals surface area contributed by atoms with E-state index < -0.39 is 0 Å². The van der Waals surface area contributed by atoms with E-state index in [1.165, 1.54) is 12.7 Å². The Labute approximate surface area is 173 Å². The molecule has 5 aliphatic rings. The molecule has 5 heteroatoms. The van der Waals surface area contributed by atoms with Crippen LogP contribution >= 0.6 is 0 Å². The number of allylic oxidation sites excluding steroid dienone is 1. The number of carbonyl (C=O) groups is 2.